The Morgan fingerprint density at radius 1 is 0.974 bits per heavy atom. The molecule has 5 rings (SSSR count). The molecule has 0 bridgehead atoms. The van der Waals surface area contributed by atoms with Crippen LogP contribution in [0, 0.1) is 12.8 Å². The maximum Gasteiger partial charge on any atom is 0.249 e. The molecular weight excluding hydrogens is 514 g/mol. The average Bonchev–Trinajstić information content (AvgIpc) is 2.92. The highest BCUT2D eigenvalue weighted by atomic mass is 35.5. The van der Waals surface area contributed by atoms with Gasteiger partial charge in [0.05, 0.1) is 46.1 Å². The predicted octanol–water partition coefficient (Wildman–Crippen LogP) is 6.64. The molecule has 3 aromatic carbocycles. The van der Waals surface area contributed by atoms with Gasteiger partial charge in [-0.1, -0.05) is 72.1 Å². The minimum Gasteiger partial charge on any atom is -0.493 e. The molecule has 2 unspecified atom stereocenters. The van der Waals surface area contributed by atoms with Crippen LogP contribution in [-0.4, -0.2) is 50.9 Å². The normalized spacial score (nSPS) is 18.0. The van der Waals surface area contributed by atoms with Crippen LogP contribution in [0.2, 0.25) is 5.02 Å². The summed E-state index contributed by atoms with van der Waals surface area (Å²) in [5, 5.41) is 0.678. The quantitative estimate of drug-likeness (QED) is 0.298. The summed E-state index contributed by atoms with van der Waals surface area (Å²) in [6.07, 6.45) is 3.42. The monoisotopic (exact) mass is 551 g/mol. The van der Waals surface area contributed by atoms with Crippen molar-refractivity contribution in [2.75, 3.05) is 34.0 Å². The number of hydrogen-bond acceptors (Lipinski definition) is 5. The number of carbonyl (C=O) groups excluding carboxylic acids is 1. The van der Waals surface area contributed by atoms with E-state index >= 15 is 0 Å². The van der Waals surface area contributed by atoms with E-state index in [2.05, 4.69) is 19.1 Å². The van der Waals surface area contributed by atoms with Gasteiger partial charge in [0, 0.05) is 5.02 Å². The zero-order valence-corrected chi connectivity index (χ0v) is 23.7. The lowest BCUT2D eigenvalue weighted by molar-refractivity contribution is -0.158. The van der Waals surface area contributed by atoms with Gasteiger partial charge in [0.2, 0.25) is 5.91 Å². The van der Waals surface area contributed by atoms with E-state index in [4.69, 9.17) is 30.5 Å². The maximum absolute atomic E-state index is 13.0. The topological polar surface area (TPSA) is 57.2 Å². The fourth-order valence-corrected chi connectivity index (χ4v) is 5.14. The van der Waals surface area contributed by atoms with Crippen LogP contribution in [0.15, 0.2) is 72.8 Å². The number of hydrogen-bond donors (Lipinski definition) is 0. The summed E-state index contributed by atoms with van der Waals surface area (Å²) in [6, 6.07) is 23.6. The second-order valence-corrected chi connectivity index (χ2v) is 10.4. The molecule has 1 aliphatic heterocycles. The van der Waals surface area contributed by atoms with Gasteiger partial charge in [-0.3, -0.25) is 4.79 Å². The summed E-state index contributed by atoms with van der Waals surface area (Å²) in [5.41, 5.74) is 3.35. The number of amides is 1. The number of halogens is 1. The molecule has 0 aromatic heterocycles. The molecule has 1 amide bonds. The van der Waals surface area contributed by atoms with E-state index in [9.17, 15) is 4.79 Å². The lowest BCUT2D eigenvalue weighted by atomic mass is 9.78. The lowest BCUT2D eigenvalue weighted by Gasteiger charge is -2.46. The van der Waals surface area contributed by atoms with Crippen molar-refractivity contribution in [3.63, 3.8) is 0 Å². The average molecular weight is 552 g/mol. The van der Waals surface area contributed by atoms with E-state index in [1.54, 1.807) is 14.2 Å². The molecule has 39 heavy (non-hydrogen) atoms. The third-order valence-corrected chi connectivity index (χ3v) is 7.63. The van der Waals surface area contributed by atoms with Gasteiger partial charge in [0.15, 0.2) is 11.5 Å². The molecule has 3 aromatic rings. The summed E-state index contributed by atoms with van der Waals surface area (Å²) in [7, 11) is 3.24. The smallest absolute Gasteiger partial charge is 0.249 e. The lowest BCUT2D eigenvalue weighted by Crippen LogP contribution is -2.55. The molecule has 2 fully saturated rings. The van der Waals surface area contributed by atoms with Crippen molar-refractivity contribution in [3.05, 3.63) is 94.5 Å². The first-order chi connectivity index (χ1) is 19.0. The van der Waals surface area contributed by atoms with E-state index in [0.717, 1.165) is 24.0 Å². The zero-order chi connectivity index (χ0) is 27.6. The minimum atomic E-state index is -0.135. The van der Waals surface area contributed by atoms with Gasteiger partial charge in [0.25, 0.3) is 0 Å². The zero-order valence-electron chi connectivity index (χ0n) is 23.0. The van der Waals surface area contributed by atoms with Gasteiger partial charge >= 0.3 is 0 Å². The van der Waals surface area contributed by atoms with Gasteiger partial charge in [-0.25, -0.2) is 0 Å². The van der Waals surface area contributed by atoms with Gasteiger partial charge < -0.3 is 23.8 Å². The molecule has 1 heterocycles. The highest BCUT2D eigenvalue weighted by molar-refractivity contribution is 6.30. The molecule has 2 aliphatic rings. The summed E-state index contributed by atoms with van der Waals surface area (Å²) >= 11 is 6.08. The number of benzene rings is 3. The largest absolute Gasteiger partial charge is 0.493 e. The van der Waals surface area contributed by atoms with E-state index < -0.39 is 0 Å². The fourth-order valence-electron chi connectivity index (χ4n) is 5.01. The number of morpholine rings is 1. The Kier molecular flexibility index (Phi) is 10.7. The molecule has 2 atom stereocenters. The van der Waals surface area contributed by atoms with Crippen molar-refractivity contribution in [3.8, 4) is 11.5 Å². The highest BCUT2D eigenvalue weighted by Gasteiger charge is 2.40. The fraction of sp³-hybridized carbons (Fsp3) is 0.406. The van der Waals surface area contributed by atoms with Crippen molar-refractivity contribution in [1.82, 2.24) is 4.90 Å². The standard InChI is InChI=1S/C25H30ClNO5.C7H8/c1-29-23-11-6-17(12-24(23)30-2)13-31-14-21(18-4-3-5-18)27-22(15-32-16-25(27)28)19-7-9-20(26)10-8-19;1-7-5-3-2-4-6-7/h6-12,18,21-22H,3-5,13-16H2,1-2H3;2-6H,1H3. The molecular formula is C32H38ClNO5. The van der Waals surface area contributed by atoms with Crippen LogP contribution in [0.1, 0.15) is 42.0 Å². The van der Waals surface area contributed by atoms with E-state index in [-0.39, 0.29) is 24.6 Å². The number of methoxy groups -OCH3 is 2. The van der Waals surface area contributed by atoms with Crippen LogP contribution in [0.4, 0.5) is 0 Å². The molecule has 1 saturated carbocycles. The SMILES string of the molecule is COc1ccc(COCC(C2CCC2)N2C(=O)COCC2c2ccc(Cl)cc2)cc1OC.Cc1ccccc1. The van der Waals surface area contributed by atoms with Gasteiger partial charge in [-0.15, -0.1) is 0 Å². The van der Waals surface area contributed by atoms with Gasteiger partial charge in [-0.05, 0) is 61.1 Å². The number of ether oxygens (including phenoxy) is 4. The molecule has 1 aliphatic carbocycles. The first-order valence-electron chi connectivity index (χ1n) is 13.4. The first kappa shape index (κ1) is 28.9. The van der Waals surface area contributed by atoms with Crippen LogP contribution in [-0.2, 0) is 20.9 Å². The molecule has 208 valence electrons. The van der Waals surface area contributed by atoms with Crippen LogP contribution in [0.25, 0.3) is 0 Å². The molecule has 0 radical (unpaired) electrons. The van der Waals surface area contributed by atoms with Crippen molar-refractivity contribution in [2.24, 2.45) is 5.92 Å². The second-order valence-electron chi connectivity index (χ2n) is 10.0. The van der Waals surface area contributed by atoms with E-state index in [1.807, 2.05) is 65.6 Å². The summed E-state index contributed by atoms with van der Waals surface area (Å²) < 4.78 is 22.5. The molecule has 6 nitrogen and oxygen atoms in total. The second kappa shape index (κ2) is 14.4. The maximum atomic E-state index is 13.0. The summed E-state index contributed by atoms with van der Waals surface area (Å²) in [4.78, 5) is 15.0. The van der Waals surface area contributed by atoms with Gasteiger partial charge in [0.1, 0.15) is 6.61 Å². The van der Waals surface area contributed by atoms with Crippen molar-refractivity contribution in [1.29, 1.82) is 0 Å². The Morgan fingerprint density at radius 3 is 2.28 bits per heavy atom. The molecule has 1 saturated heterocycles. The Morgan fingerprint density at radius 2 is 1.69 bits per heavy atom. The highest BCUT2D eigenvalue weighted by Crippen LogP contribution is 2.38. The Balaban J connectivity index is 0.000000438. The van der Waals surface area contributed by atoms with Crippen LogP contribution in [0.5, 0.6) is 11.5 Å². The van der Waals surface area contributed by atoms with Crippen LogP contribution in [0.3, 0.4) is 0 Å². The predicted molar refractivity (Wildman–Crippen MR) is 153 cm³/mol. The Labute approximate surface area is 236 Å². The van der Waals surface area contributed by atoms with Crippen molar-refractivity contribution < 1.29 is 23.7 Å². The van der Waals surface area contributed by atoms with Crippen LogP contribution >= 0.6 is 11.6 Å². The van der Waals surface area contributed by atoms with Crippen molar-refractivity contribution >= 4 is 17.5 Å². The Hall–Kier alpha value is -3.06. The number of carbonyl (C=O) groups is 1. The third-order valence-electron chi connectivity index (χ3n) is 7.38. The van der Waals surface area contributed by atoms with Gasteiger partial charge in [-0.2, -0.15) is 0 Å². The minimum absolute atomic E-state index is 0.0148. The summed E-state index contributed by atoms with van der Waals surface area (Å²) in [6.45, 7) is 3.60. The summed E-state index contributed by atoms with van der Waals surface area (Å²) in [5.74, 6) is 1.82. The van der Waals surface area contributed by atoms with E-state index in [1.165, 1.54) is 12.0 Å². The number of rotatable bonds is 9. The number of nitrogens with zero attached hydrogens (tertiary/aromatic N) is 1. The molecule has 0 N–H and O–H groups in total. The molecule has 0 spiro atoms. The first-order valence-corrected chi connectivity index (χ1v) is 13.8. The Bertz CT molecular complexity index is 1180. The molecule has 7 heteroatoms. The van der Waals surface area contributed by atoms with E-state index in [0.29, 0.717) is 42.3 Å². The van der Waals surface area contributed by atoms with Crippen molar-refractivity contribution in [2.45, 2.75) is 44.9 Å². The number of aryl methyl sites for hydroxylation is 1. The third kappa shape index (κ3) is 7.75. The van der Waals surface area contributed by atoms with Crippen LogP contribution < -0.4 is 9.47 Å².